The number of hydrogen-bond donors (Lipinski definition) is 0. The minimum absolute atomic E-state index is 1.04. The van der Waals surface area contributed by atoms with Crippen LogP contribution in [0.2, 0.25) is 0 Å². The summed E-state index contributed by atoms with van der Waals surface area (Å²) < 4.78 is 2.14. The highest BCUT2D eigenvalue weighted by Gasteiger charge is 2.13. The summed E-state index contributed by atoms with van der Waals surface area (Å²) >= 11 is 1.73. The van der Waals surface area contributed by atoms with Crippen LogP contribution in [-0.2, 0) is 0 Å². The summed E-state index contributed by atoms with van der Waals surface area (Å²) in [6.45, 7) is 1.99. The van der Waals surface area contributed by atoms with Crippen LogP contribution < -0.4 is 0 Å². The standard InChI is InChI=1S/C11H18N3S/c1-9-6-7-10(8-12-9)14(4)11(15-5)13(2)3/h6-8H,1-5H3/q+1. The van der Waals surface area contributed by atoms with Crippen molar-refractivity contribution in [3.63, 3.8) is 0 Å². The Morgan fingerprint density at radius 2 is 2.07 bits per heavy atom. The van der Waals surface area contributed by atoms with Crippen LogP contribution in [0.3, 0.4) is 0 Å². The summed E-state index contributed by atoms with van der Waals surface area (Å²) in [5.74, 6) is 0. The van der Waals surface area contributed by atoms with E-state index in [-0.39, 0.29) is 0 Å². The smallest absolute Gasteiger partial charge is 0.261 e. The predicted molar refractivity (Wildman–Crippen MR) is 67.0 cm³/mol. The van der Waals surface area contributed by atoms with Gasteiger partial charge in [-0.15, -0.1) is 0 Å². The van der Waals surface area contributed by atoms with E-state index >= 15 is 0 Å². The molecule has 0 bridgehead atoms. The van der Waals surface area contributed by atoms with Crippen molar-refractivity contribution >= 4 is 22.6 Å². The molecular formula is C11H18N3S+. The molecule has 0 saturated heterocycles. The molecule has 0 N–H and O–H groups in total. The summed E-state index contributed by atoms with van der Waals surface area (Å²) in [6, 6.07) is 4.11. The fourth-order valence-corrected chi connectivity index (χ4v) is 2.13. The van der Waals surface area contributed by atoms with Crippen molar-refractivity contribution in [1.82, 2.24) is 9.88 Å². The van der Waals surface area contributed by atoms with Gasteiger partial charge in [-0.3, -0.25) is 9.88 Å². The maximum Gasteiger partial charge on any atom is 0.312 e. The fraction of sp³-hybridized carbons (Fsp3) is 0.455. The largest absolute Gasteiger partial charge is 0.312 e. The molecule has 1 heterocycles. The van der Waals surface area contributed by atoms with E-state index < -0.39 is 0 Å². The third kappa shape index (κ3) is 2.96. The van der Waals surface area contributed by atoms with Gasteiger partial charge in [0.1, 0.15) is 5.69 Å². The van der Waals surface area contributed by atoms with Gasteiger partial charge in [0.25, 0.3) is 0 Å². The molecular weight excluding hydrogens is 206 g/mol. The maximum atomic E-state index is 4.29. The number of hydrogen-bond acceptors (Lipinski definition) is 2. The van der Waals surface area contributed by atoms with Gasteiger partial charge >= 0.3 is 5.17 Å². The lowest BCUT2D eigenvalue weighted by molar-refractivity contribution is -0.407. The number of amidine groups is 1. The molecule has 3 nitrogen and oxygen atoms in total. The van der Waals surface area contributed by atoms with E-state index in [1.807, 2.05) is 33.3 Å². The molecule has 0 amide bonds. The Labute approximate surface area is 95.8 Å². The molecule has 0 radical (unpaired) electrons. The predicted octanol–water partition coefficient (Wildman–Crippen LogP) is 1.94. The van der Waals surface area contributed by atoms with E-state index in [2.05, 4.69) is 33.8 Å². The van der Waals surface area contributed by atoms with Crippen molar-refractivity contribution in [3.8, 4) is 0 Å². The van der Waals surface area contributed by atoms with Gasteiger partial charge in [0.15, 0.2) is 0 Å². The Morgan fingerprint density at radius 1 is 1.40 bits per heavy atom. The van der Waals surface area contributed by atoms with Crippen LogP contribution in [0.25, 0.3) is 0 Å². The second-order valence-corrected chi connectivity index (χ2v) is 4.37. The van der Waals surface area contributed by atoms with Gasteiger partial charge in [0, 0.05) is 5.69 Å². The summed E-state index contributed by atoms with van der Waals surface area (Å²) in [5, 5.41) is 1.20. The highest BCUT2D eigenvalue weighted by atomic mass is 32.2. The number of thioether (sulfide) groups is 1. The third-order valence-electron chi connectivity index (χ3n) is 2.14. The van der Waals surface area contributed by atoms with Crippen molar-refractivity contribution in [2.75, 3.05) is 27.4 Å². The minimum atomic E-state index is 1.04. The minimum Gasteiger partial charge on any atom is -0.261 e. The number of aryl methyl sites for hydroxylation is 1. The molecule has 0 aliphatic rings. The number of rotatable bonds is 1. The zero-order valence-electron chi connectivity index (χ0n) is 9.98. The molecule has 0 unspecified atom stereocenters. The van der Waals surface area contributed by atoms with E-state index in [9.17, 15) is 0 Å². The second-order valence-electron chi connectivity index (χ2n) is 3.60. The topological polar surface area (TPSA) is 19.1 Å². The molecule has 0 fully saturated rings. The van der Waals surface area contributed by atoms with Crippen LogP contribution >= 0.6 is 11.8 Å². The average molecular weight is 224 g/mol. The van der Waals surface area contributed by atoms with Crippen LogP contribution in [0, 0.1) is 6.92 Å². The normalized spacial score (nSPS) is 12.3. The van der Waals surface area contributed by atoms with Gasteiger partial charge in [0.05, 0.1) is 27.3 Å². The van der Waals surface area contributed by atoms with Gasteiger partial charge in [-0.25, -0.2) is 4.58 Å². The summed E-state index contributed by atoms with van der Waals surface area (Å²) in [7, 11) is 6.14. The van der Waals surface area contributed by atoms with Crippen molar-refractivity contribution in [3.05, 3.63) is 24.0 Å². The fourth-order valence-electron chi connectivity index (χ4n) is 1.39. The Balaban J connectivity index is 3.10. The van der Waals surface area contributed by atoms with E-state index in [0.29, 0.717) is 0 Å². The molecule has 0 aliphatic carbocycles. The molecule has 1 aromatic heterocycles. The van der Waals surface area contributed by atoms with Gasteiger partial charge in [-0.05, 0) is 37.1 Å². The molecule has 1 aromatic rings. The molecule has 0 spiro atoms. The van der Waals surface area contributed by atoms with Gasteiger partial charge in [0.2, 0.25) is 0 Å². The first kappa shape index (κ1) is 12.0. The van der Waals surface area contributed by atoms with Crippen LogP contribution in [-0.4, -0.2) is 47.0 Å². The molecule has 15 heavy (non-hydrogen) atoms. The Bertz CT molecular complexity index is 355. The summed E-state index contributed by atoms with van der Waals surface area (Å²) in [6.07, 6.45) is 3.97. The highest BCUT2D eigenvalue weighted by Crippen LogP contribution is 2.12. The summed E-state index contributed by atoms with van der Waals surface area (Å²) in [4.78, 5) is 6.40. The van der Waals surface area contributed by atoms with Gasteiger partial charge in [-0.2, -0.15) is 0 Å². The molecule has 1 rings (SSSR count). The molecule has 0 atom stereocenters. The number of aromatic nitrogens is 1. The van der Waals surface area contributed by atoms with E-state index in [1.165, 1.54) is 5.17 Å². The molecule has 0 aliphatic heterocycles. The van der Waals surface area contributed by atoms with Crippen molar-refractivity contribution in [1.29, 1.82) is 0 Å². The lowest BCUT2D eigenvalue weighted by atomic mass is 10.3. The first-order valence-electron chi connectivity index (χ1n) is 4.81. The maximum absolute atomic E-state index is 4.29. The van der Waals surface area contributed by atoms with Crippen molar-refractivity contribution < 1.29 is 4.58 Å². The Kier molecular flexibility index (Phi) is 4.15. The molecule has 82 valence electrons. The quantitative estimate of drug-likeness (QED) is 0.413. The molecule has 4 heteroatoms. The highest BCUT2D eigenvalue weighted by molar-refractivity contribution is 8.12. The van der Waals surface area contributed by atoms with Crippen molar-refractivity contribution in [2.45, 2.75) is 6.92 Å². The lowest BCUT2D eigenvalue weighted by Crippen LogP contribution is -2.26. The number of pyridine rings is 1. The first-order chi connectivity index (χ1) is 7.06. The van der Waals surface area contributed by atoms with Crippen LogP contribution in [0.4, 0.5) is 5.69 Å². The van der Waals surface area contributed by atoms with Crippen LogP contribution in [0.1, 0.15) is 5.69 Å². The monoisotopic (exact) mass is 224 g/mol. The van der Waals surface area contributed by atoms with E-state index in [4.69, 9.17) is 0 Å². The van der Waals surface area contributed by atoms with Crippen LogP contribution in [0.15, 0.2) is 18.3 Å². The molecule has 0 saturated carbocycles. The van der Waals surface area contributed by atoms with Crippen LogP contribution in [0.5, 0.6) is 0 Å². The first-order valence-corrected chi connectivity index (χ1v) is 6.03. The number of nitrogens with zero attached hydrogens (tertiary/aromatic N) is 3. The Hall–Kier alpha value is -1.03. The summed E-state index contributed by atoms with van der Waals surface area (Å²) in [5.41, 5.74) is 2.15. The van der Waals surface area contributed by atoms with Gasteiger partial charge in [-0.1, -0.05) is 0 Å². The Morgan fingerprint density at radius 3 is 2.47 bits per heavy atom. The SMILES string of the molecule is CSC(N(C)C)=[N+](C)c1ccc(C)nc1. The zero-order chi connectivity index (χ0) is 11.4. The molecule has 0 aromatic carbocycles. The average Bonchev–Trinajstić information content (AvgIpc) is 2.19. The van der Waals surface area contributed by atoms with Crippen molar-refractivity contribution in [2.24, 2.45) is 0 Å². The van der Waals surface area contributed by atoms with Gasteiger partial charge < -0.3 is 0 Å². The van der Waals surface area contributed by atoms with E-state index in [0.717, 1.165) is 11.4 Å². The third-order valence-corrected chi connectivity index (χ3v) is 3.14. The lowest BCUT2D eigenvalue weighted by Gasteiger charge is -2.10. The second kappa shape index (κ2) is 5.16. The van der Waals surface area contributed by atoms with E-state index in [1.54, 1.807) is 11.8 Å². The zero-order valence-corrected chi connectivity index (χ0v) is 10.8.